The largest absolute Gasteiger partial charge is 0.403 e. The van der Waals surface area contributed by atoms with Crippen molar-refractivity contribution in [1.82, 2.24) is 9.97 Å². The maximum absolute atomic E-state index is 16.0. The molecule has 3 aromatic carbocycles. The van der Waals surface area contributed by atoms with Gasteiger partial charge < -0.3 is 14.1 Å². The highest BCUT2D eigenvalue weighted by Gasteiger charge is 2.50. The second kappa shape index (κ2) is 12.7. The van der Waals surface area contributed by atoms with Gasteiger partial charge in [0.2, 0.25) is 5.78 Å². The summed E-state index contributed by atoms with van der Waals surface area (Å²) in [5.74, 6) is -1.37. The van der Waals surface area contributed by atoms with Crippen LogP contribution in [0.4, 0.5) is 10.1 Å². The van der Waals surface area contributed by atoms with Crippen LogP contribution in [0.25, 0.3) is 0 Å². The van der Waals surface area contributed by atoms with E-state index in [-0.39, 0.29) is 40.1 Å². The summed E-state index contributed by atoms with van der Waals surface area (Å²) in [5.41, 5.74) is 1.03. The molecule has 0 unspecified atom stereocenters. The number of anilines is 1. The maximum atomic E-state index is 16.0. The van der Waals surface area contributed by atoms with E-state index < -0.39 is 19.9 Å². The smallest absolute Gasteiger partial charge is 0.261 e. The fourth-order valence-corrected chi connectivity index (χ4v) is 11.0. The quantitative estimate of drug-likeness (QED) is 0.174. The summed E-state index contributed by atoms with van der Waals surface area (Å²) in [6, 6.07) is 22.2. The number of hydrogen-bond donors (Lipinski definition) is 0. The molecule has 224 valence electrons. The zero-order chi connectivity index (χ0) is 30.8. The van der Waals surface area contributed by atoms with E-state index in [0.717, 1.165) is 10.4 Å². The summed E-state index contributed by atoms with van der Waals surface area (Å²) in [6.45, 7) is 11.7. The average molecular weight is 618 g/mol. The summed E-state index contributed by atoms with van der Waals surface area (Å²) in [6.07, 6.45) is 4.02. The van der Waals surface area contributed by atoms with E-state index in [0.29, 0.717) is 24.3 Å². The van der Waals surface area contributed by atoms with Gasteiger partial charge in [-0.3, -0.25) is 9.78 Å². The molecule has 0 saturated carbocycles. The Labute approximate surface area is 259 Å². The number of morpholine rings is 1. The molecule has 0 aliphatic carbocycles. The van der Waals surface area contributed by atoms with Crippen LogP contribution in [0.5, 0.6) is 0 Å². The van der Waals surface area contributed by atoms with Crippen LogP contribution in [0.3, 0.4) is 0 Å². The molecule has 0 amide bonds. The second-order valence-corrected chi connectivity index (χ2v) is 16.8. The van der Waals surface area contributed by atoms with E-state index in [9.17, 15) is 4.79 Å². The summed E-state index contributed by atoms with van der Waals surface area (Å²) in [4.78, 5) is 23.7. The van der Waals surface area contributed by atoms with Crippen molar-refractivity contribution >= 4 is 41.8 Å². The van der Waals surface area contributed by atoms with Crippen LogP contribution in [0.1, 0.15) is 56.2 Å². The summed E-state index contributed by atoms with van der Waals surface area (Å²) >= 11 is 6.85. The standard InChI is InChI=1S/C34H37ClFN3O3Si/c1-23-20-39(21-24(2)42-23)32-25(18-28(31(36)30(32)35)33(40)29-19-37-16-17-38-29)22-41-43(34(3,4)5,26-12-8-6-9-13-26)27-14-10-7-11-15-27/h6-19,23-24H,20-22H2,1-5H3/t23-,24+. The van der Waals surface area contributed by atoms with Crippen molar-refractivity contribution in [3.8, 4) is 0 Å². The van der Waals surface area contributed by atoms with Crippen LogP contribution in [-0.2, 0) is 15.8 Å². The van der Waals surface area contributed by atoms with E-state index in [4.69, 9.17) is 20.8 Å². The number of halogens is 2. The highest BCUT2D eigenvalue weighted by Crippen LogP contribution is 2.41. The van der Waals surface area contributed by atoms with Crippen LogP contribution >= 0.6 is 11.6 Å². The van der Waals surface area contributed by atoms with Crippen LogP contribution in [0.2, 0.25) is 10.1 Å². The number of ketones is 1. The van der Waals surface area contributed by atoms with Gasteiger partial charge in [-0.1, -0.05) is 93.0 Å². The minimum atomic E-state index is -2.96. The first-order chi connectivity index (χ1) is 20.5. The van der Waals surface area contributed by atoms with Gasteiger partial charge in [-0.05, 0) is 35.3 Å². The van der Waals surface area contributed by atoms with Gasteiger partial charge in [0.1, 0.15) is 10.7 Å². The number of carbonyl (C=O) groups is 1. The van der Waals surface area contributed by atoms with Crippen LogP contribution in [0.15, 0.2) is 85.3 Å². The first-order valence-electron chi connectivity index (χ1n) is 14.5. The van der Waals surface area contributed by atoms with Crippen molar-refractivity contribution in [2.45, 2.75) is 58.5 Å². The Morgan fingerprint density at radius 2 is 1.60 bits per heavy atom. The lowest BCUT2D eigenvalue weighted by atomic mass is 10.0. The molecule has 2 heterocycles. The molecule has 4 aromatic rings. The van der Waals surface area contributed by atoms with Crippen molar-refractivity contribution in [2.24, 2.45) is 0 Å². The van der Waals surface area contributed by atoms with Crippen LogP contribution < -0.4 is 15.3 Å². The molecule has 0 N–H and O–H groups in total. The molecule has 1 saturated heterocycles. The number of nitrogens with zero attached hydrogens (tertiary/aromatic N) is 3. The normalized spacial score (nSPS) is 17.6. The molecule has 0 spiro atoms. The molecule has 1 aliphatic heterocycles. The van der Waals surface area contributed by atoms with Gasteiger partial charge in [0, 0.05) is 31.0 Å². The molecule has 5 rings (SSSR count). The van der Waals surface area contributed by atoms with Crippen LogP contribution in [0, 0.1) is 5.82 Å². The third-order valence-corrected chi connectivity index (χ3v) is 13.2. The molecule has 0 radical (unpaired) electrons. The van der Waals surface area contributed by atoms with E-state index in [2.05, 4.69) is 55.0 Å². The third-order valence-electron chi connectivity index (χ3n) is 7.90. The zero-order valence-electron chi connectivity index (χ0n) is 25.2. The van der Waals surface area contributed by atoms with Gasteiger partial charge >= 0.3 is 0 Å². The Morgan fingerprint density at radius 3 is 2.12 bits per heavy atom. The molecule has 1 aliphatic rings. The number of aromatic nitrogens is 2. The van der Waals surface area contributed by atoms with Gasteiger partial charge in [0.15, 0.2) is 5.82 Å². The number of carbonyl (C=O) groups excluding carboxylic acids is 1. The average Bonchev–Trinajstić information content (AvgIpc) is 2.99. The van der Waals surface area contributed by atoms with Gasteiger partial charge in [-0.2, -0.15) is 0 Å². The fraction of sp³-hybridized carbons (Fsp3) is 0.324. The van der Waals surface area contributed by atoms with Crippen molar-refractivity contribution in [3.05, 3.63) is 113 Å². The van der Waals surface area contributed by atoms with Crippen LogP contribution in [-0.4, -0.2) is 49.4 Å². The lowest BCUT2D eigenvalue weighted by molar-refractivity contribution is -0.00532. The van der Waals surface area contributed by atoms with E-state index in [1.165, 1.54) is 18.6 Å². The monoisotopic (exact) mass is 617 g/mol. The molecular formula is C34H37ClFN3O3Si. The number of rotatable bonds is 8. The number of ether oxygens (including phenoxy) is 1. The highest BCUT2D eigenvalue weighted by atomic mass is 35.5. The zero-order valence-corrected chi connectivity index (χ0v) is 26.9. The SMILES string of the molecule is C[C@@H]1CN(c2c(CO[Si](c3ccccc3)(c3ccccc3)C(C)(C)C)cc(C(=O)c3cnccn3)c(F)c2Cl)C[C@H](C)O1. The predicted molar refractivity (Wildman–Crippen MR) is 172 cm³/mol. The highest BCUT2D eigenvalue weighted by molar-refractivity contribution is 6.99. The predicted octanol–water partition coefficient (Wildman–Crippen LogP) is 6.19. The lowest BCUT2D eigenvalue weighted by Gasteiger charge is -2.43. The summed E-state index contributed by atoms with van der Waals surface area (Å²) in [5, 5.41) is 1.85. The first kappa shape index (κ1) is 31.0. The molecule has 1 fully saturated rings. The minimum Gasteiger partial charge on any atom is -0.403 e. The van der Waals surface area contributed by atoms with Gasteiger partial charge in [0.05, 0.1) is 36.3 Å². The fourth-order valence-electron chi connectivity index (χ4n) is 6.15. The van der Waals surface area contributed by atoms with Crippen molar-refractivity contribution in [2.75, 3.05) is 18.0 Å². The van der Waals surface area contributed by atoms with Crippen molar-refractivity contribution in [3.63, 3.8) is 0 Å². The van der Waals surface area contributed by atoms with E-state index in [1.54, 1.807) is 6.07 Å². The number of hydrogen-bond acceptors (Lipinski definition) is 6. The van der Waals surface area contributed by atoms with Gasteiger partial charge in [0.25, 0.3) is 8.32 Å². The maximum Gasteiger partial charge on any atom is 0.261 e. The summed E-state index contributed by atoms with van der Waals surface area (Å²) in [7, 11) is -2.96. The molecule has 1 aromatic heterocycles. The van der Waals surface area contributed by atoms with Crippen molar-refractivity contribution in [1.29, 1.82) is 0 Å². The molecule has 2 atom stereocenters. The molecular weight excluding hydrogens is 581 g/mol. The Balaban J connectivity index is 1.68. The van der Waals surface area contributed by atoms with E-state index >= 15 is 4.39 Å². The lowest BCUT2D eigenvalue weighted by Crippen LogP contribution is -2.66. The number of benzene rings is 3. The van der Waals surface area contributed by atoms with Gasteiger partial charge in [-0.15, -0.1) is 0 Å². The molecule has 9 heteroatoms. The molecule has 43 heavy (non-hydrogen) atoms. The Bertz CT molecular complexity index is 1520. The van der Waals surface area contributed by atoms with Crippen molar-refractivity contribution < 1.29 is 18.3 Å². The Hall–Kier alpha value is -3.43. The Kier molecular flexibility index (Phi) is 9.13. The van der Waals surface area contributed by atoms with Gasteiger partial charge in [-0.25, -0.2) is 9.37 Å². The second-order valence-electron chi connectivity index (χ2n) is 12.1. The molecule has 6 nitrogen and oxygen atoms in total. The topological polar surface area (TPSA) is 64.5 Å². The first-order valence-corrected chi connectivity index (χ1v) is 16.8. The Morgan fingerprint density at radius 1 is 1.02 bits per heavy atom. The summed E-state index contributed by atoms with van der Waals surface area (Å²) < 4.78 is 29.2. The minimum absolute atomic E-state index is 0.0395. The molecule has 0 bridgehead atoms. The van der Waals surface area contributed by atoms with E-state index in [1.807, 2.05) is 55.1 Å². The third kappa shape index (κ3) is 6.15.